The van der Waals surface area contributed by atoms with Gasteiger partial charge in [0.1, 0.15) is 5.75 Å². The summed E-state index contributed by atoms with van der Waals surface area (Å²) in [7, 11) is 0. The van der Waals surface area contributed by atoms with Gasteiger partial charge in [0.15, 0.2) is 0 Å². The summed E-state index contributed by atoms with van der Waals surface area (Å²) in [5.74, 6) is 1.58. The summed E-state index contributed by atoms with van der Waals surface area (Å²) in [5.41, 5.74) is 5.32. The van der Waals surface area contributed by atoms with Crippen molar-refractivity contribution in [3.8, 4) is 22.9 Å². The Morgan fingerprint density at radius 1 is 1.04 bits per heavy atom. The molecular weight excluding hydrogens is 466 g/mol. The van der Waals surface area contributed by atoms with E-state index < -0.39 is 0 Å². The van der Waals surface area contributed by atoms with Crippen LogP contribution in [0.15, 0.2) is 36.4 Å². The fourth-order valence-electron chi connectivity index (χ4n) is 3.11. The van der Waals surface area contributed by atoms with Crippen LogP contribution < -0.4 is 4.74 Å². The summed E-state index contributed by atoms with van der Waals surface area (Å²) in [5, 5.41) is 10.5. The number of nitriles is 1. The van der Waals surface area contributed by atoms with E-state index in [0.29, 0.717) is 11.5 Å². The van der Waals surface area contributed by atoms with Crippen molar-refractivity contribution >= 4 is 31.9 Å². The van der Waals surface area contributed by atoms with E-state index in [0.717, 1.165) is 40.6 Å². The molecule has 0 bridgehead atoms. The summed E-state index contributed by atoms with van der Waals surface area (Å²) in [6, 6.07) is 14.3. The number of rotatable bonds is 10. The molecule has 2 aromatic carbocycles. The SMILES string of the molecule is CCCCC(CC)COc1cc(CBr)c(-c2ccc(C#N)cc2)cc1CBr. The van der Waals surface area contributed by atoms with Crippen molar-refractivity contribution < 1.29 is 4.74 Å². The topological polar surface area (TPSA) is 33.0 Å². The van der Waals surface area contributed by atoms with Crippen molar-refractivity contribution in [1.82, 2.24) is 0 Å². The van der Waals surface area contributed by atoms with Crippen LogP contribution in [-0.4, -0.2) is 6.61 Å². The van der Waals surface area contributed by atoms with Gasteiger partial charge >= 0.3 is 0 Å². The normalized spacial score (nSPS) is 11.8. The van der Waals surface area contributed by atoms with Crippen LogP contribution in [0.1, 0.15) is 56.2 Å². The van der Waals surface area contributed by atoms with Crippen molar-refractivity contribution in [3.63, 3.8) is 0 Å². The van der Waals surface area contributed by atoms with Crippen LogP contribution in [0.25, 0.3) is 11.1 Å². The van der Waals surface area contributed by atoms with Crippen LogP contribution in [0, 0.1) is 17.2 Å². The maximum Gasteiger partial charge on any atom is 0.123 e. The lowest BCUT2D eigenvalue weighted by molar-refractivity contribution is 0.232. The minimum Gasteiger partial charge on any atom is -0.493 e. The third kappa shape index (κ3) is 6.09. The average Bonchev–Trinajstić information content (AvgIpc) is 2.73. The molecule has 0 aliphatic heterocycles. The molecule has 0 radical (unpaired) electrons. The summed E-state index contributed by atoms with van der Waals surface area (Å²) < 4.78 is 6.25. The summed E-state index contributed by atoms with van der Waals surface area (Å²) >= 11 is 7.24. The van der Waals surface area contributed by atoms with E-state index in [4.69, 9.17) is 10.00 Å². The minimum absolute atomic E-state index is 0.610. The Kier molecular flexibility index (Phi) is 9.38. The Morgan fingerprint density at radius 2 is 1.74 bits per heavy atom. The van der Waals surface area contributed by atoms with Gasteiger partial charge in [0.25, 0.3) is 0 Å². The smallest absolute Gasteiger partial charge is 0.123 e. The highest BCUT2D eigenvalue weighted by molar-refractivity contribution is 9.08. The highest BCUT2D eigenvalue weighted by Crippen LogP contribution is 2.34. The zero-order chi connectivity index (χ0) is 19.6. The molecule has 4 heteroatoms. The zero-order valence-electron chi connectivity index (χ0n) is 16.1. The van der Waals surface area contributed by atoms with Crippen molar-refractivity contribution in [2.45, 2.75) is 50.2 Å². The number of unbranched alkanes of at least 4 members (excludes halogenated alkanes) is 1. The molecule has 0 saturated heterocycles. The van der Waals surface area contributed by atoms with Gasteiger partial charge in [-0.25, -0.2) is 0 Å². The molecule has 0 spiro atoms. The molecular formula is C23H27Br2NO. The number of halogens is 2. The molecule has 2 aromatic rings. The Labute approximate surface area is 180 Å². The molecule has 1 unspecified atom stereocenters. The van der Waals surface area contributed by atoms with Gasteiger partial charge in [-0.15, -0.1) is 0 Å². The summed E-state index contributed by atoms with van der Waals surface area (Å²) in [6.07, 6.45) is 4.87. The van der Waals surface area contributed by atoms with Crippen LogP contribution in [0.3, 0.4) is 0 Å². The van der Waals surface area contributed by atoms with Crippen molar-refractivity contribution in [1.29, 1.82) is 5.26 Å². The lowest BCUT2D eigenvalue weighted by Crippen LogP contribution is -2.12. The molecule has 0 saturated carbocycles. The average molecular weight is 493 g/mol. The molecule has 0 amide bonds. The van der Waals surface area contributed by atoms with E-state index in [9.17, 15) is 0 Å². The molecule has 0 aromatic heterocycles. The predicted octanol–water partition coefficient (Wildman–Crippen LogP) is 7.61. The van der Waals surface area contributed by atoms with Crippen molar-refractivity contribution in [2.24, 2.45) is 5.92 Å². The lowest BCUT2D eigenvalue weighted by Gasteiger charge is -2.19. The number of benzene rings is 2. The molecule has 2 rings (SSSR count). The molecule has 0 aliphatic rings. The third-order valence-electron chi connectivity index (χ3n) is 4.92. The second kappa shape index (κ2) is 11.5. The second-order valence-corrected chi connectivity index (χ2v) is 7.92. The predicted molar refractivity (Wildman–Crippen MR) is 121 cm³/mol. The van der Waals surface area contributed by atoms with Gasteiger partial charge in [-0.2, -0.15) is 5.26 Å². The maximum atomic E-state index is 9.02. The van der Waals surface area contributed by atoms with E-state index in [-0.39, 0.29) is 0 Å². The first-order valence-electron chi connectivity index (χ1n) is 9.57. The summed E-state index contributed by atoms with van der Waals surface area (Å²) in [4.78, 5) is 0. The largest absolute Gasteiger partial charge is 0.493 e. The van der Waals surface area contributed by atoms with Crippen LogP contribution in [0.2, 0.25) is 0 Å². The van der Waals surface area contributed by atoms with Gasteiger partial charge in [0.05, 0.1) is 18.2 Å². The minimum atomic E-state index is 0.610. The zero-order valence-corrected chi connectivity index (χ0v) is 19.3. The Hall–Kier alpha value is -1.31. The fraction of sp³-hybridized carbons (Fsp3) is 0.435. The fourth-order valence-corrected chi connectivity index (χ4v) is 4.02. The van der Waals surface area contributed by atoms with E-state index >= 15 is 0 Å². The Morgan fingerprint density at radius 3 is 2.30 bits per heavy atom. The standard InChI is InChI=1S/C23H27Br2NO/c1-3-5-6-17(4-2)16-27-23-12-20(13-24)22(11-21(23)14-25)19-9-7-18(15-26)8-10-19/h7-12,17H,3-6,13-14,16H2,1-2H3. The van der Waals surface area contributed by atoms with E-state index in [1.165, 1.54) is 30.4 Å². The van der Waals surface area contributed by atoms with Gasteiger partial charge in [-0.1, -0.05) is 77.1 Å². The number of nitrogens with zero attached hydrogens (tertiary/aromatic N) is 1. The Bertz CT molecular complexity index is 765. The third-order valence-corrected chi connectivity index (χ3v) is 6.13. The summed E-state index contributed by atoms with van der Waals surface area (Å²) in [6.45, 7) is 5.25. The molecule has 0 fully saturated rings. The monoisotopic (exact) mass is 491 g/mol. The molecule has 0 aliphatic carbocycles. The number of ether oxygens (including phenoxy) is 1. The van der Waals surface area contributed by atoms with Crippen LogP contribution in [0.4, 0.5) is 0 Å². The van der Waals surface area contributed by atoms with Gasteiger partial charge in [0.2, 0.25) is 0 Å². The van der Waals surface area contributed by atoms with E-state index in [2.05, 4.69) is 63.9 Å². The highest BCUT2D eigenvalue weighted by Gasteiger charge is 2.14. The van der Waals surface area contributed by atoms with Crippen molar-refractivity contribution in [3.05, 3.63) is 53.1 Å². The van der Waals surface area contributed by atoms with Gasteiger partial charge < -0.3 is 4.74 Å². The maximum absolute atomic E-state index is 9.02. The van der Waals surface area contributed by atoms with E-state index in [1.807, 2.05) is 24.3 Å². The quantitative estimate of drug-likeness (QED) is 0.319. The van der Waals surface area contributed by atoms with Crippen LogP contribution in [-0.2, 0) is 10.7 Å². The molecule has 0 N–H and O–H groups in total. The molecule has 144 valence electrons. The first-order chi connectivity index (χ1) is 13.2. The molecule has 1 atom stereocenters. The highest BCUT2D eigenvalue weighted by atomic mass is 79.9. The van der Waals surface area contributed by atoms with Gasteiger partial charge in [0, 0.05) is 16.2 Å². The molecule has 0 heterocycles. The number of hydrogen-bond donors (Lipinski definition) is 0. The van der Waals surface area contributed by atoms with Crippen LogP contribution >= 0.6 is 31.9 Å². The number of hydrogen-bond acceptors (Lipinski definition) is 2. The Balaban J connectivity index is 2.28. The lowest BCUT2D eigenvalue weighted by atomic mass is 9.97. The first kappa shape index (κ1) is 22.0. The molecule has 27 heavy (non-hydrogen) atoms. The first-order valence-corrected chi connectivity index (χ1v) is 11.8. The van der Waals surface area contributed by atoms with Gasteiger partial charge in [-0.3, -0.25) is 0 Å². The van der Waals surface area contributed by atoms with Gasteiger partial charge in [-0.05, 0) is 53.3 Å². The van der Waals surface area contributed by atoms with Crippen molar-refractivity contribution in [2.75, 3.05) is 6.61 Å². The van der Waals surface area contributed by atoms with Crippen LogP contribution in [0.5, 0.6) is 5.75 Å². The second-order valence-electron chi connectivity index (χ2n) is 6.80. The number of alkyl halides is 2. The van der Waals surface area contributed by atoms with E-state index in [1.54, 1.807) is 0 Å². The molecule has 2 nitrogen and oxygen atoms in total.